The zero-order chi connectivity index (χ0) is 14.4. The summed E-state index contributed by atoms with van der Waals surface area (Å²) in [6.07, 6.45) is 3.18. The summed E-state index contributed by atoms with van der Waals surface area (Å²) in [5, 5.41) is 5.47. The number of carbonyl (C=O) groups excluding carboxylic acids is 1. The molecule has 0 aliphatic heterocycles. The van der Waals surface area contributed by atoms with Crippen LogP contribution in [0.2, 0.25) is 0 Å². The number of halogens is 1. The summed E-state index contributed by atoms with van der Waals surface area (Å²) in [7, 11) is 0. The maximum Gasteiger partial charge on any atom is 0.319 e. The van der Waals surface area contributed by atoms with Gasteiger partial charge in [-0.3, -0.25) is 0 Å². The smallest absolute Gasteiger partial charge is 0.319 e. The minimum Gasteiger partial charge on any atom is -0.469 e. The Morgan fingerprint density at radius 2 is 2.05 bits per heavy atom. The number of furan rings is 1. The van der Waals surface area contributed by atoms with E-state index in [0.717, 1.165) is 18.6 Å². The van der Waals surface area contributed by atoms with E-state index in [4.69, 9.17) is 4.42 Å². The number of carbonyl (C=O) groups is 1. The quantitative estimate of drug-likeness (QED) is 0.877. The van der Waals surface area contributed by atoms with Crippen molar-refractivity contribution < 1.29 is 13.6 Å². The van der Waals surface area contributed by atoms with E-state index < -0.39 is 0 Å². The van der Waals surface area contributed by atoms with Gasteiger partial charge in [0.25, 0.3) is 0 Å². The zero-order valence-electron chi connectivity index (χ0n) is 11.2. The van der Waals surface area contributed by atoms with Gasteiger partial charge in [0, 0.05) is 18.2 Å². The lowest BCUT2D eigenvalue weighted by Gasteiger charge is -2.14. The van der Waals surface area contributed by atoms with Crippen molar-refractivity contribution in [1.29, 1.82) is 0 Å². The van der Waals surface area contributed by atoms with Gasteiger partial charge in [-0.25, -0.2) is 9.18 Å². The second-order valence-corrected chi connectivity index (χ2v) is 4.62. The van der Waals surface area contributed by atoms with Gasteiger partial charge in [-0.15, -0.1) is 0 Å². The molecule has 106 valence electrons. The summed E-state index contributed by atoms with van der Waals surface area (Å²) in [6.45, 7) is 1.92. The lowest BCUT2D eigenvalue weighted by atomic mass is 10.1. The van der Waals surface area contributed by atoms with Crippen molar-refractivity contribution >= 4 is 11.7 Å². The van der Waals surface area contributed by atoms with Gasteiger partial charge < -0.3 is 15.1 Å². The van der Waals surface area contributed by atoms with Crippen molar-refractivity contribution in [2.75, 3.05) is 5.32 Å². The number of hydrogen-bond acceptors (Lipinski definition) is 2. The van der Waals surface area contributed by atoms with Gasteiger partial charge in [-0.1, -0.05) is 0 Å². The fourth-order valence-corrected chi connectivity index (χ4v) is 1.81. The molecule has 4 nitrogen and oxygen atoms in total. The standard InChI is InChI=1S/C15H17FN2O2/c1-11(4-9-14-3-2-10-20-14)17-15(19)18-13-7-5-12(16)6-8-13/h2-3,5-8,10-11H,4,9H2,1H3,(H2,17,18,19)/t11-/m1/s1. The number of benzene rings is 1. The first kappa shape index (κ1) is 14.1. The van der Waals surface area contributed by atoms with Crippen molar-refractivity contribution in [3.8, 4) is 0 Å². The number of aryl methyl sites for hydroxylation is 1. The summed E-state index contributed by atoms with van der Waals surface area (Å²) < 4.78 is 18.0. The molecule has 0 aliphatic rings. The van der Waals surface area contributed by atoms with E-state index in [0.29, 0.717) is 5.69 Å². The first-order valence-corrected chi connectivity index (χ1v) is 6.49. The average Bonchev–Trinajstić information content (AvgIpc) is 2.92. The summed E-state index contributed by atoms with van der Waals surface area (Å²) in [5.41, 5.74) is 0.558. The SMILES string of the molecule is C[C@H](CCc1ccco1)NC(=O)Nc1ccc(F)cc1. The van der Waals surface area contributed by atoms with Crippen molar-refractivity contribution in [3.63, 3.8) is 0 Å². The molecular formula is C15H17FN2O2. The van der Waals surface area contributed by atoms with E-state index in [2.05, 4.69) is 10.6 Å². The third-order valence-corrected chi connectivity index (χ3v) is 2.88. The lowest BCUT2D eigenvalue weighted by molar-refractivity contribution is 0.248. The van der Waals surface area contributed by atoms with E-state index in [1.807, 2.05) is 19.1 Å². The largest absolute Gasteiger partial charge is 0.469 e. The maximum absolute atomic E-state index is 12.7. The highest BCUT2D eigenvalue weighted by atomic mass is 19.1. The van der Waals surface area contributed by atoms with Gasteiger partial charge in [-0.05, 0) is 49.7 Å². The molecule has 2 amide bonds. The topological polar surface area (TPSA) is 54.3 Å². The van der Waals surface area contributed by atoms with Crippen molar-refractivity contribution in [2.45, 2.75) is 25.8 Å². The van der Waals surface area contributed by atoms with Crippen LogP contribution in [-0.4, -0.2) is 12.1 Å². The van der Waals surface area contributed by atoms with Gasteiger partial charge in [0.15, 0.2) is 0 Å². The van der Waals surface area contributed by atoms with Crippen LogP contribution in [0.15, 0.2) is 47.1 Å². The second kappa shape index (κ2) is 6.75. The Morgan fingerprint density at radius 1 is 1.30 bits per heavy atom. The summed E-state index contributed by atoms with van der Waals surface area (Å²) in [6, 6.07) is 9.10. The predicted octanol–water partition coefficient (Wildman–Crippen LogP) is 3.56. The highest BCUT2D eigenvalue weighted by Gasteiger charge is 2.08. The summed E-state index contributed by atoms with van der Waals surface area (Å²) in [5.74, 6) is 0.570. The van der Waals surface area contributed by atoms with Crippen LogP contribution in [0.25, 0.3) is 0 Å². The molecule has 1 aromatic carbocycles. The molecule has 0 bridgehead atoms. The van der Waals surface area contributed by atoms with E-state index in [1.165, 1.54) is 24.3 Å². The molecule has 1 heterocycles. The zero-order valence-corrected chi connectivity index (χ0v) is 11.2. The Morgan fingerprint density at radius 3 is 2.70 bits per heavy atom. The van der Waals surface area contributed by atoms with E-state index in [9.17, 15) is 9.18 Å². The minimum atomic E-state index is -0.331. The molecule has 2 aromatic rings. The van der Waals surface area contributed by atoms with Crippen LogP contribution in [0.1, 0.15) is 19.1 Å². The van der Waals surface area contributed by atoms with Crippen LogP contribution in [0.5, 0.6) is 0 Å². The Balaban J connectivity index is 1.74. The first-order valence-electron chi connectivity index (χ1n) is 6.49. The molecule has 0 saturated heterocycles. The Bertz CT molecular complexity index is 538. The van der Waals surface area contributed by atoms with Crippen LogP contribution in [-0.2, 0) is 6.42 Å². The second-order valence-electron chi connectivity index (χ2n) is 4.62. The Labute approximate surface area is 117 Å². The highest BCUT2D eigenvalue weighted by Crippen LogP contribution is 2.09. The van der Waals surface area contributed by atoms with E-state index >= 15 is 0 Å². The predicted molar refractivity (Wildman–Crippen MR) is 75.0 cm³/mol. The van der Waals surface area contributed by atoms with Crippen LogP contribution < -0.4 is 10.6 Å². The molecule has 2 N–H and O–H groups in total. The fourth-order valence-electron chi connectivity index (χ4n) is 1.81. The molecule has 0 saturated carbocycles. The van der Waals surface area contributed by atoms with Gasteiger partial charge in [0.2, 0.25) is 0 Å². The minimum absolute atomic E-state index is 0.0144. The first-order chi connectivity index (χ1) is 9.63. The van der Waals surface area contributed by atoms with Crippen LogP contribution in [0.4, 0.5) is 14.9 Å². The number of nitrogens with one attached hydrogen (secondary N) is 2. The van der Waals surface area contributed by atoms with Crippen LogP contribution in [0.3, 0.4) is 0 Å². The number of rotatable bonds is 5. The lowest BCUT2D eigenvalue weighted by Crippen LogP contribution is -2.36. The molecular weight excluding hydrogens is 259 g/mol. The molecule has 1 atom stereocenters. The number of anilines is 1. The van der Waals surface area contributed by atoms with Gasteiger partial charge in [-0.2, -0.15) is 0 Å². The maximum atomic E-state index is 12.7. The van der Waals surface area contributed by atoms with Crippen molar-refractivity contribution in [1.82, 2.24) is 5.32 Å². The summed E-state index contributed by atoms with van der Waals surface area (Å²) >= 11 is 0. The monoisotopic (exact) mass is 276 g/mol. The third-order valence-electron chi connectivity index (χ3n) is 2.88. The third kappa shape index (κ3) is 4.42. The average molecular weight is 276 g/mol. The van der Waals surface area contributed by atoms with Gasteiger partial charge in [0.1, 0.15) is 11.6 Å². The normalized spacial score (nSPS) is 11.9. The Kier molecular flexibility index (Phi) is 4.76. The van der Waals surface area contributed by atoms with Gasteiger partial charge >= 0.3 is 6.03 Å². The Hall–Kier alpha value is -2.30. The van der Waals surface area contributed by atoms with Crippen molar-refractivity contribution in [2.24, 2.45) is 0 Å². The molecule has 2 rings (SSSR count). The fraction of sp³-hybridized carbons (Fsp3) is 0.267. The van der Waals surface area contributed by atoms with Crippen LogP contribution in [0, 0.1) is 5.82 Å². The number of hydrogen-bond donors (Lipinski definition) is 2. The van der Waals surface area contributed by atoms with Crippen molar-refractivity contribution in [3.05, 3.63) is 54.2 Å². The van der Waals surface area contributed by atoms with E-state index in [1.54, 1.807) is 6.26 Å². The van der Waals surface area contributed by atoms with Gasteiger partial charge in [0.05, 0.1) is 6.26 Å². The number of urea groups is 1. The molecule has 20 heavy (non-hydrogen) atoms. The van der Waals surface area contributed by atoms with Crippen LogP contribution >= 0.6 is 0 Å². The molecule has 0 aliphatic carbocycles. The highest BCUT2D eigenvalue weighted by molar-refractivity contribution is 5.89. The molecule has 0 fully saturated rings. The molecule has 0 radical (unpaired) electrons. The molecule has 5 heteroatoms. The number of amides is 2. The molecule has 1 aromatic heterocycles. The summed E-state index contributed by atoms with van der Waals surface area (Å²) in [4.78, 5) is 11.7. The molecule has 0 unspecified atom stereocenters. The molecule has 0 spiro atoms. The van der Waals surface area contributed by atoms with E-state index in [-0.39, 0.29) is 17.9 Å².